The molecule has 2 heterocycles. The van der Waals surface area contributed by atoms with Crippen LogP contribution in [0.3, 0.4) is 0 Å². The Labute approximate surface area is 201 Å². The van der Waals surface area contributed by atoms with Crippen molar-refractivity contribution < 1.29 is 4.79 Å². The van der Waals surface area contributed by atoms with Gasteiger partial charge in [0.15, 0.2) is 5.65 Å². The first kappa shape index (κ1) is 21.6. The van der Waals surface area contributed by atoms with E-state index in [0.29, 0.717) is 46.1 Å². The molecule has 1 N–H and O–H groups in total. The molecule has 0 atom stereocenters. The third-order valence-corrected chi connectivity index (χ3v) is 6.06. The zero-order valence-electron chi connectivity index (χ0n) is 18.4. The van der Waals surface area contributed by atoms with Gasteiger partial charge in [0.1, 0.15) is 23.0 Å². The highest BCUT2D eigenvalue weighted by Crippen LogP contribution is 2.30. The number of aromatic nitrogens is 3. The van der Waals surface area contributed by atoms with Gasteiger partial charge in [-0.05, 0) is 43.2 Å². The van der Waals surface area contributed by atoms with E-state index < -0.39 is 5.91 Å². The van der Waals surface area contributed by atoms with Crippen LogP contribution in [0.2, 0.25) is 5.02 Å². The van der Waals surface area contributed by atoms with E-state index >= 15 is 0 Å². The van der Waals surface area contributed by atoms with Crippen LogP contribution in [0.25, 0.3) is 22.2 Å². The van der Waals surface area contributed by atoms with E-state index in [4.69, 9.17) is 21.6 Å². The van der Waals surface area contributed by atoms with Crippen molar-refractivity contribution in [2.75, 3.05) is 5.32 Å². The van der Waals surface area contributed by atoms with Crippen LogP contribution in [-0.4, -0.2) is 20.4 Å². The third kappa shape index (κ3) is 3.98. The molecule has 7 heteroatoms. The van der Waals surface area contributed by atoms with Crippen molar-refractivity contribution in [1.29, 1.82) is 5.26 Å². The lowest BCUT2D eigenvalue weighted by Gasteiger charge is -2.13. The van der Waals surface area contributed by atoms with E-state index in [-0.39, 0.29) is 5.56 Å². The van der Waals surface area contributed by atoms with Crippen molar-refractivity contribution >= 4 is 45.5 Å². The fourth-order valence-corrected chi connectivity index (χ4v) is 4.23. The molecule has 5 rings (SSSR count). The Morgan fingerprint density at radius 1 is 1.03 bits per heavy atom. The number of rotatable bonds is 5. The van der Waals surface area contributed by atoms with Gasteiger partial charge in [0.05, 0.1) is 21.6 Å². The molecule has 0 spiro atoms. The molecular weight excluding hydrogens is 446 g/mol. The smallest absolute Gasteiger partial charge is 0.258 e. The van der Waals surface area contributed by atoms with E-state index in [1.165, 1.54) is 0 Å². The van der Waals surface area contributed by atoms with E-state index in [1.54, 1.807) is 12.1 Å². The second-order valence-electron chi connectivity index (χ2n) is 8.04. The van der Waals surface area contributed by atoms with Crippen LogP contribution in [0.1, 0.15) is 27.0 Å². The Morgan fingerprint density at radius 3 is 2.47 bits per heavy atom. The molecule has 0 fully saturated rings. The fraction of sp³-hybridized carbons (Fsp3) is 0.111. The number of anilines is 1. The van der Waals surface area contributed by atoms with Crippen molar-refractivity contribution in [3.63, 3.8) is 0 Å². The van der Waals surface area contributed by atoms with E-state index in [1.807, 2.05) is 72.2 Å². The largest absolute Gasteiger partial charge is 0.309 e. The van der Waals surface area contributed by atoms with Crippen molar-refractivity contribution in [2.45, 2.75) is 19.9 Å². The summed E-state index contributed by atoms with van der Waals surface area (Å²) in [5, 5.41) is 13.3. The van der Waals surface area contributed by atoms with Gasteiger partial charge in [0.25, 0.3) is 5.91 Å². The highest BCUT2D eigenvalue weighted by molar-refractivity contribution is 6.34. The standard InChI is InChI=1S/C27H20ClN5O/c1-17-11-12-21(28)19(15-17)27(34)32-25-20(16-29)24-26(31-23-10-6-5-9-22(23)30-24)33(25)14-13-18-7-3-2-4-8-18/h2-12,15H,13-14H2,1H3,(H,32,34). The van der Waals surface area contributed by atoms with Crippen molar-refractivity contribution in [1.82, 2.24) is 14.5 Å². The number of hydrogen-bond donors (Lipinski definition) is 1. The van der Waals surface area contributed by atoms with Gasteiger partial charge in [-0.25, -0.2) is 9.97 Å². The molecule has 0 unspecified atom stereocenters. The lowest BCUT2D eigenvalue weighted by atomic mass is 10.1. The number of amides is 1. The minimum atomic E-state index is -0.390. The summed E-state index contributed by atoms with van der Waals surface area (Å²) in [6.45, 7) is 2.40. The Bertz CT molecular complexity index is 1580. The summed E-state index contributed by atoms with van der Waals surface area (Å²) in [7, 11) is 0. The minimum absolute atomic E-state index is 0.276. The predicted octanol–water partition coefficient (Wildman–Crippen LogP) is 5.91. The maximum Gasteiger partial charge on any atom is 0.258 e. The Hall–Kier alpha value is -4.21. The van der Waals surface area contributed by atoms with Crippen LogP contribution < -0.4 is 5.32 Å². The Kier molecular flexibility index (Phi) is 5.70. The molecule has 0 radical (unpaired) electrons. The summed E-state index contributed by atoms with van der Waals surface area (Å²) < 4.78 is 1.86. The number of carbonyl (C=O) groups excluding carboxylic acids is 1. The molecule has 5 aromatic rings. The van der Waals surface area contributed by atoms with Crippen LogP contribution in [0.5, 0.6) is 0 Å². The molecule has 2 aromatic heterocycles. The number of carbonyl (C=O) groups is 1. The number of benzene rings is 3. The molecule has 3 aromatic carbocycles. The monoisotopic (exact) mass is 465 g/mol. The van der Waals surface area contributed by atoms with E-state index in [2.05, 4.69) is 11.4 Å². The quantitative estimate of drug-likeness (QED) is 0.349. The Morgan fingerprint density at radius 2 is 1.74 bits per heavy atom. The maximum absolute atomic E-state index is 13.2. The van der Waals surface area contributed by atoms with Crippen molar-refractivity contribution in [3.05, 3.63) is 100 Å². The summed E-state index contributed by atoms with van der Waals surface area (Å²) in [5.41, 5.74) is 5.08. The molecule has 0 aliphatic heterocycles. The average molecular weight is 466 g/mol. The molecule has 6 nitrogen and oxygen atoms in total. The summed E-state index contributed by atoms with van der Waals surface area (Å²) in [4.78, 5) is 22.7. The van der Waals surface area contributed by atoms with E-state index in [9.17, 15) is 10.1 Å². The van der Waals surface area contributed by atoms with Gasteiger partial charge >= 0.3 is 0 Å². The zero-order chi connectivity index (χ0) is 23.7. The van der Waals surface area contributed by atoms with E-state index in [0.717, 1.165) is 16.6 Å². The minimum Gasteiger partial charge on any atom is -0.309 e. The van der Waals surface area contributed by atoms with Crippen LogP contribution in [-0.2, 0) is 13.0 Å². The van der Waals surface area contributed by atoms with Crippen LogP contribution in [0.15, 0.2) is 72.8 Å². The summed E-state index contributed by atoms with van der Waals surface area (Å²) in [6.07, 6.45) is 0.693. The summed E-state index contributed by atoms with van der Waals surface area (Å²) in [6, 6.07) is 25.0. The first-order valence-electron chi connectivity index (χ1n) is 10.9. The fourth-order valence-electron chi connectivity index (χ4n) is 4.03. The van der Waals surface area contributed by atoms with Gasteiger partial charge in [-0.1, -0.05) is 65.7 Å². The highest BCUT2D eigenvalue weighted by atomic mass is 35.5. The molecule has 166 valence electrons. The number of para-hydroxylation sites is 2. The number of fused-ring (bicyclic) bond motifs is 2. The number of nitriles is 1. The molecule has 0 saturated heterocycles. The van der Waals surface area contributed by atoms with Gasteiger partial charge in [0.2, 0.25) is 0 Å². The SMILES string of the molecule is Cc1ccc(Cl)c(C(=O)Nc2c(C#N)c3nc4ccccc4nc3n2CCc2ccccc2)c1. The van der Waals surface area contributed by atoms with Crippen LogP contribution >= 0.6 is 11.6 Å². The molecule has 1 amide bonds. The van der Waals surface area contributed by atoms with Crippen molar-refractivity contribution in [2.24, 2.45) is 0 Å². The number of aryl methyl sites for hydroxylation is 3. The summed E-state index contributed by atoms with van der Waals surface area (Å²) >= 11 is 6.30. The maximum atomic E-state index is 13.2. The molecule has 34 heavy (non-hydrogen) atoms. The lowest BCUT2D eigenvalue weighted by Crippen LogP contribution is -2.17. The number of hydrogen-bond acceptors (Lipinski definition) is 4. The zero-order valence-corrected chi connectivity index (χ0v) is 19.2. The number of nitrogens with one attached hydrogen (secondary N) is 1. The van der Waals surface area contributed by atoms with Gasteiger partial charge in [-0.15, -0.1) is 0 Å². The lowest BCUT2D eigenvalue weighted by molar-refractivity contribution is 0.102. The van der Waals surface area contributed by atoms with Crippen LogP contribution in [0.4, 0.5) is 5.82 Å². The normalized spacial score (nSPS) is 11.0. The van der Waals surface area contributed by atoms with Crippen molar-refractivity contribution in [3.8, 4) is 6.07 Å². The average Bonchev–Trinajstić information content (AvgIpc) is 3.14. The topological polar surface area (TPSA) is 83.6 Å². The summed E-state index contributed by atoms with van der Waals surface area (Å²) in [5.74, 6) is -0.0233. The van der Waals surface area contributed by atoms with Gasteiger partial charge < -0.3 is 9.88 Å². The first-order chi connectivity index (χ1) is 16.5. The Balaban J connectivity index is 1.66. The highest BCUT2D eigenvalue weighted by Gasteiger charge is 2.23. The second kappa shape index (κ2) is 8.97. The molecular formula is C27H20ClN5O. The molecule has 0 bridgehead atoms. The third-order valence-electron chi connectivity index (χ3n) is 5.73. The molecule has 0 aliphatic rings. The van der Waals surface area contributed by atoms with Gasteiger partial charge in [-0.2, -0.15) is 5.26 Å². The van der Waals surface area contributed by atoms with Crippen LogP contribution in [0, 0.1) is 18.3 Å². The molecule has 0 saturated carbocycles. The predicted molar refractivity (Wildman–Crippen MR) is 134 cm³/mol. The van der Waals surface area contributed by atoms with Gasteiger partial charge in [0, 0.05) is 6.54 Å². The first-order valence-corrected chi connectivity index (χ1v) is 11.2. The second-order valence-corrected chi connectivity index (χ2v) is 8.45. The number of nitrogens with zero attached hydrogens (tertiary/aromatic N) is 4. The molecule has 0 aliphatic carbocycles. The van der Waals surface area contributed by atoms with Gasteiger partial charge in [-0.3, -0.25) is 4.79 Å². The number of halogens is 1.